The zero-order valence-corrected chi connectivity index (χ0v) is 16.5. The van der Waals surface area contributed by atoms with E-state index in [1.54, 1.807) is 0 Å². The molecule has 0 spiro atoms. The zero-order chi connectivity index (χ0) is 18.2. The summed E-state index contributed by atoms with van der Waals surface area (Å²) in [5, 5.41) is 10.2. The van der Waals surface area contributed by atoms with Gasteiger partial charge in [0.25, 0.3) is 0 Å². The van der Waals surface area contributed by atoms with Gasteiger partial charge in [0, 0.05) is 0 Å². The van der Waals surface area contributed by atoms with Gasteiger partial charge in [-0.1, -0.05) is 53.7 Å². The van der Waals surface area contributed by atoms with Crippen molar-refractivity contribution in [3.63, 3.8) is 0 Å². The summed E-state index contributed by atoms with van der Waals surface area (Å²) in [6, 6.07) is 9.02. The van der Waals surface area contributed by atoms with Crippen LogP contribution in [0.15, 0.2) is 24.3 Å². The Labute approximate surface area is 147 Å². The fourth-order valence-electron chi connectivity index (χ4n) is 3.39. The molecule has 2 rings (SSSR count). The lowest BCUT2D eigenvalue weighted by molar-refractivity contribution is 0.467. The lowest BCUT2D eigenvalue weighted by atomic mass is 9.81. The summed E-state index contributed by atoms with van der Waals surface area (Å²) in [6.45, 7) is 17.6. The molecule has 130 valence electrons. The third-order valence-electron chi connectivity index (χ3n) is 4.91. The highest BCUT2D eigenvalue weighted by Crippen LogP contribution is 2.40. The highest BCUT2D eigenvalue weighted by atomic mass is 16.3. The Morgan fingerprint density at radius 1 is 0.667 bits per heavy atom. The van der Waals surface area contributed by atoms with Gasteiger partial charge in [-0.15, -0.1) is 0 Å². The van der Waals surface area contributed by atoms with Crippen molar-refractivity contribution in [3.8, 4) is 16.9 Å². The van der Waals surface area contributed by atoms with Crippen LogP contribution in [-0.2, 0) is 0 Å². The van der Waals surface area contributed by atoms with Gasteiger partial charge in [-0.25, -0.2) is 0 Å². The molecule has 24 heavy (non-hydrogen) atoms. The molecular weight excluding hydrogens is 292 g/mol. The quantitative estimate of drug-likeness (QED) is 0.639. The van der Waals surface area contributed by atoms with E-state index in [9.17, 15) is 5.11 Å². The smallest absolute Gasteiger partial charge is 0.121 e. The van der Waals surface area contributed by atoms with E-state index in [2.05, 4.69) is 65.8 Å². The van der Waals surface area contributed by atoms with Crippen LogP contribution in [0.5, 0.6) is 5.75 Å². The molecule has 1 nitrogen and oxygen atoms in total. The molecule has 0 amide bonds. The number of phenols is 1. The molecule has 2 aromatic rings. The average Bonchev–Trinajstić information content (AvgIpc) is 2.50. The second-order valence-corrected chi connectivity index (χ2v) is 8.00. The molecule has 0 atom stereocenters. The lowest BCUT2D eigenvalue weighted by Crippen LogP contribution is -2.04. The Morgan fingerprint density at radius 3 is 1.42 bits per heavy atom. The minimum Gasteiger partial charge on any atom is -0.507 e. The van der Waals surface area contributed by atoms with Crippen molar-refractivity contribution >= 4 is 0 Å². The van der Waals surface area contributed by atoms with E-state index in [1.165, 1.54) is 27.8 Å². The van der Waals surface area contributed by atoms with Crippen molar-refractivity contribution in [2.24, 2.45) is 0 Å². The maximum absolute atomic E-state index is 10.2. The molecular formula is C23H32O. The molecule has 0 unspecified atom stereocenters. The summed E-state index contributed by atoms with van der Waals surface area (Å²) in [5.74, 6) is 1.86. The predicted molar refractivity (Wildman–Crippen MR) is 105 cm³/mol. The molecule has 0 heterocycles. The van der Waals surface area contributed by atoms with E-state index in [0.717, 1.165) is 11.1 Å². The SMILES string of the molecule is Cc1cc(-c2c(C(C)C)cc(C(C)C)cc2C(C)C)cc(C)c1O. The van der Waals surface area contributed by atoms with Gasteiger partial charge in [0.1, 0.15) is 5.75 Å². The molecule has 1 heteroatoms. The Bertz CT molecular complexity index is 684. The van der Waals surface area contributed by atoms with Crippen molar-refractivity contribution in [2.75, 3.05) is 0 Å². The standard InChI is InChI=1S/C23H32O/c1-13(2)18-11-20(14(3)4)22(21(12-18)15(5)6)19-9-16(7)23(24)17(8)10-19/h9-15,24H,1-8H3. The third-order valence-corrected chi connectivity index (χ3v) is 4.91. The maximum atomic E-state index is 10.2. The molecule has 0 aliphatic carbocycles. The molecule has 0 aliphatic rings. The number of hydrogen-bond acceptors (Lipinski definition) is 1. The first kappa shape index (κ1) is 18.6. The van der Waals surface area contributed by atoms with Crippen LogP contribution in [-0.4, -0.2) is 5.11 Å². The van der Waals surface area contributed by atoms with Gasteiger partial charge in [-0.3, -0.25) is 0 Å². The van der Waals surface area contributed by atoms with Crippen LogP contribution >= 0.6 is 0 Å². The second-order valence-electron chi connectivity index (χ2n) is 8.00. The minimum absolute atomic E-state index is 0.412. The van der Waals surface area contributed by atoms with E-state index in [-0.39, 0.29) is 0 Å². The molecule has 0 fully saturated rings. The van der Waals surface area contributed by atoms with Crippen molar-refractivity contribution in [3.05, 3.63) is 52.1 Å². The number of benzene rings is 2. The molecule has 0 saturated heterocycles. The van der Waals surface area contributed by atoms with Gasteiger partial charge >= 0.3 is 0 Å². The van der Waals surface area contributed by atoms with Gasteiger partial charge in [-0.2, -0.15) is 0 Å². The third kappa shape index (κ3) is 3.50. The summed E-state index contributed by atoms with van der Waals surface area (Å²) in [7, 11) is 0. The van der Waals surface area contributed by atoms with Gasteiger partial charge in [0.05, 0.1) is 0 Å². The molecule has 1 N–H and O–H groups in total. The van der Waals surface area contributed by atoms with E-state index in [1.807, 2.05) is 13.8 Å². The molecule has 0 aromatic heterocycles. The van der Waals surface area contributed by atoms with Crippen LogP contribution in [0.4, 0.5) is 0 Å². The van der Waals surface area contributed by atoms with Gasteiger partial charge in [0.2, 0.25) is 0 Å². The first-order valence-corrected chi connectivity index (χ1v) is 9.11. The predicted octanol–water partition coefficient (Wildman–Crippen LogP) is 7.05. The minimum atomic E-state index is 0.412. The van der Waals surface area contributed by atoms with Crippen LogP contribution in [0.3, 0.4) is 0 Å². The Kier molecular flexibility index (Phi) is 5.42. The average molecular weight is 325 g/mol. The highest BCUT2D eigenvalue weighted by Gasteiger charge is 2.19. The molecule has 0 bridgehead atoms. The first-order chi connectivity index (χ1) is 11.1. The topological polar surface area (TPSA) is 20.2 Å². The normalized spacial score (nSPS) is 11.8. The van der Waals surface area contributed by atoms with Crippen LogP contribution in [0.1, 0.15) is 87.1 Å². The van der Waals surface area contributed by atoms with E-state index in [4.69, 9.17) is 0 Å². The molecule has 0 aliphatic heterocycles. The summed E-state index contributed by atoms with van der Waals surface area (Å²) in [5.41, 5.74) is 8.72. The van der Waals surface area contributed by atoms with E-state index >= 15 is 0 Å². The lowest BCUT2D eigenvalue weighted by Gasteiger charge is -2.24. The van der Waals surface area contributed by atoms with Crippen LogP contribution < -0.4 is 0 Å². The fourth-order valence-corrected chi connectivity index (χ4v) is 3.39. The number of aromatic hydroxyl groups is 1. The zero-order valence-electron chi connectivity index (χ0n) is 16.5. The largest absolute Gasteiger partial charge is 0.507 e. The van der Waals surface area contributed by atoms with Crippen molar-refractivity contribution in [2.45, 2.75) is 73.1 Å². The Hall–Kier alpha value is -1.76. The fraction of sp³-hybridized carbons (Fsp3) is 0.478. The monoisotopic (exact) mass is 324 g/mol. The first-order valence-electron chi connectivity index (χ1n) is 9.11. The Morgan fingerprint density at radius 2 is 1.08 bits per heavy atom. The highest BCUT2D eigenvalue weighted by molar-refractivity contribution is 5.75. The maximum Gasteiger partial charge on any atom is 0.121 e. The van der Waals surface area contributed by atoms with Gasteiger partial charge in [-0.05, 0) is 82.7 Å². The summed E-state index contributed by atoms with van der Waals surface area (Å²) in [6.07, 6.45) is 0. The number of aryl methyl sites for hydroxylation is 2. The van der Waals surface area contributed by atoms with Crippen LogP contribution in [0.2, 0.25) is 0 Å². The van der Waals surface area contributed by atoms with E-state index < -0.39 is 0 Å². The van der Waals surface area contributed by atoms with Crippen LogP contribution in [0.25, 0.3) is 11.1 Å². The number of rotatable bonds is 4. The van der Waals surface area contributed by atoms with Crippen LogP contribution in [0, 0.1) is 13.8 Å². The number of hydrogen-bond donors (Lipinski definition) is 1. The van der Waals surface area contributed by atoms with Gasteiger partial charge < -0.3 is 5.11 Å². The summed E-state index contributed by atoms with van der Waals surface area (Å²) >= 11 is 0. The van der Waals surface area contributed by atoms with E-state index in [0.29, 0.717) is 23.5 Å². The summed E-state index contributed by atoms with van der Waals surface area (Å²) in [4.78, 5) is 0. The molecule has 0 radical (unpaired) electrons. The summed E-state index contributed by atoms with van der Waals surface area (Å²) < 4.78 is 0. The van der Waals surface area contributed by atoms with Crippen molar-refractivity contribution in [1.82, 2.24) is 0 Å². The molecule has 0 saturated carbocycles. The second kappa shape index (κ2) is 7.01. The number of phenolic OH excluding ortho intramolecular Hbond substituents is 1. The van der Waals surface area contributed by atoms with Gasteiger partial charge in [0.15, 0.2) is 0 Å². The van der Waals surface area contributed by atoms with Crippen molar-refractivity contribution in [1.29, 1.82) is 0 Å². The Balaban J connectivity index is 2.85. The molecule has 2 aromatic carbocycles. The van der Waals surface area contributed by atoms with Crippen molar-refractivity contribution < 1.29 is 5.11 Å².